The second-order valence-corrected chi connectivity index (χ2v) is 3.23. The molecule has 1 heterocycles. The Morgan fingerprint density at radius 2 is 2.00 bits per heavy atom. The van der Waals surface area contributed by atoms with Gasteiger partial charge in [0.05, 0.1) is 0 Å². The predicted molar refractivity (Wildman–Crippen MR) is 51.6 cm³/mol. The summed E-state index contributed by atoms with van der Waals surface area (Å²) in [6.45, 7) is 0.850. The van der Waals surface area contributed by atoms with Gasteiger partial charge in [-0.1, -0.05) is 0 Å². The van der Waals surface area contributed by atoms with Gasteiger partial charge in [0.1, 0.15) is 5.75 Å². The summed E-state index contributed by atoms with van der Waals surface area (Å²) in [5, 5.41) is 9.62. The van der Waals surface area contributed by atoms with E-state index < -0.39 is 0 Å². The Kier molecular flexibility index (Phi) is 2.45. The van der Waals surface area contributed by atoms with Crippen LogP contribution in [0.3, 0.4) is 0 Å². The molecule has 0 bridgehead atoms. The highest BCUT2D eigenvalue weighted by molar-refractivity contribution is 5.51. The molecule has 0 unspecified atom stereocenters. The Morgan fingerprint density at radius 1 is 1.29 bits per heavy atom. The Bertz CT molecular complexity index is 338. The zero-order valence-corrected chi connectivity index (χ0v) is 7.82. The maximum absolute atomic E-state index is 9.62. The largest absolute Gasteiger partial charge is 0.508 e. The van der Waals surface area contributed by atoms with Gasteiger partial charge in [-0.2, -0.15) is 0 Å². The van der Waals surface area contributed by atoms with Crippen molar-refractivity contribution in [2.24, 2.45) is 5.73 Å². The van der Waals surface area contributed by atoms with Crippen molar-refractivity contribution >= 4 is 0 Å². The lowest BCUT2D eigenvalue weighted by atomic mass is 10.1. The number of nitrogens with two attached hydrogens (primary N) is 1. The van der Waals surface area contributed by atoms with Gasteiger partial charge in [-0.05, 0) is 31.0 Å². The molecule has 0 spiro atoms. The number of rotatable bonds is 3. The smallest absolute Gasteiger partial charge is 0.231 e. The predicted octanol–water partition coefficient (Wildman–Crippen LogP) is 1.01. The average Bonchev–Trinajstić information content (AvgIpc) is 2.61. The zero-order valence-electron chi connectivity index (χ0n) is 7.82. The lowest BCUT2D eigenvalue weighted by Gasteiger charge is -2.05. The van der Waals surface area contributed by atoms with Crippen LogP contribution < -0.4 is 15.2 Å². The van der Waals surface area contributed by atoms with Gasteiger partial charge in [-0.3, -0.25) is 0 Å². The molecule has 1 aromatic carbocycles. The maximum atomic E-state index is 9.62. The number of hydrogen-bond donors (Lipinski definition) is 2. The van der Waals surface area contributed by atoms with Crippen LogP contribution in [-0.2, 0) is 6.42 Å². The summed E-state index contributed by atoms with van der Waals surface area (Å²) in [6, 6.07) is 3.40. The van der Waals surface area contributed by atoms with Crippen LogP contribution in [0, 0.1) is 0 Å². The molecule has 1 aliphatic heterocycles. The van der Waals surface area contributed by atoms with Crippen molar-refractivity contribution in [3.63, 3.8) is 0 Å². The molecule has 0 amide bonds. The summed E-state index contributed by atoms with van der Waals surface area (Å²) in [4.78, 5) is 0. The average molecular weight is 195 g/mol. The van der Waals surface area contributed by atoms with Gasteiger partial charge in [0.25, 0.3) is 0 Å². The highest BCUT2D eigenvalue weighted by Gasteiger charge is 2.16. The Balaban J connectivity index is 2.23. The number of fused-ring (bicyclic) bond motifs is 1. The minimum absolute atomic E-state index is 0.231. The van der Waals surface area contributed by atoms with E-state index in [4.69, 9.17) is 15.2 Å². The van der Waals surface area contributed by atoms with E-state index in [1.165, 1.54) is 0 Å². The molecule has 3 N–H and O–H groups in total. The van der Waals surface area contributed by atoms with Crippen LogP contribution in [0.5, 0.6) is 17.2 Å². The SMILES string of the molecule is NCCCc1cc2c(cc1O)OCO2. The molecule has 0 saturated heterocycles. The van der Waals surface area contributed by atoms with Crippen molar-refractivity contribution in [1.82, 2.24) is 0 Å². The number of hydrogen-bond acceptors (Lipinski definition) is 4. The fourth-order valence-corrected chi connectivity index (χ4v) is 1.47. The Hall–Kier alpha value is -1.42. The molecule has 1 aromatic rings. The van der Waals surface area contributed by atoms with E-state index in [-0.39, 0.29) is 12.5 Å². The number of benzene rings is 1. The first kappa shape index (κ1) is 9.15. The van der Waals surface area contributed by atoms with Crippen molar-refractivity contribution in [1.29, 1.82) is 0 Å². The lowest BCUT2D eigenvalue weighted by molar-refractivity contribution is 0.174. The van der Waals surface area contributed by atoms with Crippen LogP contribution >= 0.6 is 0 Å². The molecule has 14 heavy (non-hydrogen) atoms. The minimum Gasteiger partial charge on any atom is -0.508 e. The second-order valence-electron chi connectivity index (χ2n) is 3.23. The van der Waals surface area contributed by atoms with Crippen molar-refractivity contribution < 1.29 is 14.6 Å². The van der Waals surface area contributed by atoms with Crippen molar-refractivity contribution in [2.45, 2.75) is 12.8 Å². The normalized spacial score (nSPS) is 13.2. The van der Waals surface area contributed by atoms with Crippen molar-refractivity contribution in [3.8, 4) is 17.2 Å². The van der Waals surface area contributed by atoms with Crippen LogP contribution in [-0.4, -0.2) is 18.4 Å². The van der Waals surface area contributed by atoms with E-state index in [0.717, 1.165) is 18.4 Å². The molecular weight excluding hydrogens is 182 g/mol. The molecule has 4 heteroatoms. The van der Waals surface area contributed by atoms with E-state index in [9.17, 15) is 5.11 Å². The molecule has 0 radical (unpaired) electrons. The summed E-state index contributed by atoms with van der Waals surface area (Å²) in [5.41, 5.74) is 6.26. The number of ether oxygens (including phenoxy) is 2. The highest BCUT2D eigenvalue weighted by atomic mass is 16.7. The first-order valence-corrected chi connectivity index (χ1v) is 4.63. The van der Waals surface area contributed by atoms with Crippen LogP contribution in [0.4, 0.5) is 0 Å². The maximum Gasteiger partial charge on any atom is 0.231 e. The van der Waals surface area contributed by atoms with E-state index in [0.29, 0.717) is 18.0 Å². The van der Waals surface area contributed by atoms with Gasteiger partial charge >= 0.3 is 0 Å². The van der Waals surface area contributed by atoms with Crippen molar-refractivity contribution in [2.75, 3.05) is 13.3 Å². The van der Waals surface area contributed by atoms with E-state index >= 15 is 0 Å². The third kappa shape index (κ3) is 1.61. The number of aromatic hydroxyl groups is 1. The number of aryl methyl sites for hydroxylation is 1. The topological polar surface area (TPSA) is 64.7 Å². The van der Waals surface area contributed by atoms with Gasteiger partial charge in [0, 0.05) is 6.07 Å². The monoisotopic (exact) mass is 195 g/mol. The molecular formula is C10H13NO3. The standard InChI is InChI=1S/C10H13NO3/c11-3-1-2-7-4-9-10(5-8(7)12)14-6-13-9/h4-5,12H,1-3,6,11H2. The van der Waals surface area contributed by atoms with E-state index in [1.807, 2.05) is 6.07 Å². The molecule has 0 aromatic heterocycles. The van der Waals surface area contributed by atoms with Gasteiger partial charge < -0.3 is 20.3 Å². The van der Waals surface area contributed by atoms with Gasteiger partial charge in [-0.15, -0.1) is 0 Å². The van der Waals surface area contributed by atoms with E-state index in [1.54, 1.807) is 6.07 Å². The Morgan fingerprint density at radius 3 is 2.71 bits per heavy atom. The molecule has 4 nitrogen and oxygen atoms in total. The number of phenols is 1. The third-order valence-corrected chi connectivity index (χ3v) is 2.22. The lowest BCUT2D eigenvalue weighted by Crippen LogP contribution is -2.00. The van der Waals surface area contributed by atoms with Crippen molar-refractivity contribution in [3.05, 3.63) is 17.7 Å². The summed E-state index contributed by atoms with van der Waals surface area (Å²) in [5.74, 6) is 1.57. The first-order valence-electron chi connectivity index (χ1n) is 4.63. The third-order valence-electron chi connectivity index (χ3n) is 2.22. The zero-order chi connectivity index (χ0) is 9.97. The van der Waals surface area contributed by atoms with E-state index in [2.05, 4.69) is 0 Å². The highest BCUT2D eigenvalue weighted by Crippen LogP contribution is 2.37. The van der Waals surface area contributed by atoms with Gasteiger partial charge in [0.15, 0.2) is 11.5 Å². The van der Waals surface area contributed by atoms with Gasteiger partial charge in [0.2, 0.25) is 6.79 Å². The second kappa shape index (κ2) is 3.75. The number of phenolic OH excluding ortho intramolecular Hbond substituents is 1. The fourth-order valence-electron chi connectivity index (χ4n) is 1.47. The van der Waals surface area contributed by atoms with Gasteiger partial charge in [-0.25, -0.2) is 0 Å². The fraction of sp³-hybridized carbons (Fsp3) is 0.400. The summed E-state index contributed by atoms with van der Waals surface area (Å²) >= 11 is 0. The molecule has 0 atom stereocenters. The van der Waals surface area contributed by atoms with Crippen LogP contribution in [0.1, 0.15) is 12.0 Å². The quantitative estimate of drug-likeness (QED) is 0.755. The molecule has 0 saturated carbocycles. The van der Waals surface area contributed by atoms with Crippen LogP contribution in [0.2, 0.25) is 0 Å². The Labute approximate surface area is 82.2 Å². The molecule has 0 fully saturated rings. The molecule has 1 aliphatic rings. The summed E-state index contributed by atoms with van der Waals surface area (Å²) in [6.07, 6.45) is 1.62. The summed E-state index contributed by atoms with van der Waals surface area (Å²) in [7, 11) is 0. The molecule has 2 rings (SSSR count). The minimum atomic E-state index is 0.231. The molecule has 0 aliphatic carbocycles. The molecule has 76 valence electrons. The van der Waals surface area contributed by atoms with Crippen LogP contribution in [0.15, 0.2) is 12.1 Å². The van der Waals surface area contributed by atoms with Crippen LogP contribution in [0.25, 0.3) is 0 Å². The first-order chi connectivity index (χ1) is 6.81. The summed E-state index contributed by atoms with van der Waals surface area (Å²) < 4.78 is 10.3.